The number of hydrogen-bond acceptors (Lipinski definition) is 6. The first kappa shape index (κ1) is 31.6. The summed E-state index contributed by atoms with van der Waals surface area (Å²) in [6.45, 7) is 13.1. The second kappa shape index (κ2) is 12.5. The Morgan fingerprint density at radius 2 is 1.81 bits per heavy atom. The van der Waals surface area contributed by atoms with Crippen molar-refractivity contribution in [1.29, 1.82) is 0 Å². The molecule has 3 heterocycles. The Morgan fingerprint density at radius 1 is 1.12 bits per heavy atom. The fourth-order valence-corrected chi connectivity index (χ4v) is 5.24. The maximum Gasteiger partial charge on any atom is 0.337 e. The van der Waals surface area contributed by atoms with E-state index in [0.29, 0.717) is 47.6 Å². The third-order valence-electron chi connectivity index (χ3n) is 7.41. The maximum atomic E-state index is 15.3. The fraction of sp³-hybridized carbons (Fsp3) is 0.469. The molecule has 1 saturated heterocycles. The van der Waals surface area contributed by atoms with Crippen LogP contribution in [0.3, 0.4) is 0 Å². The number of pyridine rings is 2. The van der Waals surface area contributed by atoms with E-state index in [2.05, 4.69) is 28.7 Å². The minimum absolute atomic E-state index is 0.0124. The molecule has 7 nitrogen and oxygen atoms in total. The van der Waals surface area contributed by atoms with Crippen molar-refractivity contribution in [2.24, 2.45) is 5.41 Å². The molecule has 226 valence electrons. The van der Waals surface area contributed by atoms with Crippen LogP contribution >= 0.6 is 11.6 Å². The zero-order chi connectivity index (χ0) is 30.8. The average molecular weight is 602 g/mol. The van der Waals surface area contributed by atoms with E-state index in [1.807, 2.05) is 0 Å². The molecule has 3 aromatic rings. The van der Waals surface area contributed by atoms with Crippen LogP contribution in [0.5, 0.6) is 5.88 Å². The predicted molar refractivity (Wildman–Crippen MR) is 159 cm³/mol. The summed E-state index contributed by atoms with van der Waals surface area (Å²) in [5.41, 5.74) is 2.82. The molecule has 2 aromatic heterocycles. The number of carbonyl (C=O) groups is 1. The molecular formula is C32H38ClF2N3O4. The van der Waals surface area contributed by atoms with Crippen LogP contribution in [0.2, 0.25) is 5.02 Å². The Labute approximate surface area is 250 Å². The number of ether oxygens (including phenoxy) is 2. The molecule has 0 spiro atoms. The monoisotopic (exact) mass is 601 g/mol. The molecule has 0 amide bonds. The Bertz CT molecular complexity index is 1450. The van der Waals surface area contributed by atoms with E-state index in [1.165, 1.54) is 24.4 Å². The standard InChI is InChI=1S/C32H38ClF2N3O4/c1-19-26(28(30(39)40)42-31(2,3)4)27(38-12-10-32(5,6)11-13-38)22(18-36-19)21-16-25(35)29(37-17-21)41-14-9-20-7-8-24(34)23(33)15-20/h7-8,15-18,28H,9-14H2,1-6H3,(H,39,40). The molecular weight excluding hydrogens is 564 g/mol. The lowest BCUT2D eigenvalue weighted by Gasteiger charge is -2.40. The lowest BCUT2D eigenvalue weighted by atomic mass is 9.82. The molecule has 0 bridgehead atoms. The van der Waals surface area contributed by atoms with Crippen LogP contribution in [0.4, 0.5) is 14.5 Å². The molecule has 1 atom stereocenters. The summed E-state index contributed by atoms with van der Waals surface area (Å²) in [7, 11) is 0. The zero-order valence-corrected chi connectivity index (χ0v) is 25.7. The molecule has 1 aliphatic rings. The van der Waals surface area contributed by atoms with Crippen LogP contribution in [0.15, 0.2) is 36.7 Å². The molecule has 10 heteroatoms. The summed E-state index contributed by atoms with van der Waals surface area (Å²) >= 11 is 5.85. The van der Waals surface area contributed by atoms with E-state index in [-0.39, 0.29) is 22.9 Å². The first-order valence-corrected chi connectivity index (χ1v) is 14.4. The van der Waals surface area contributed by atoms with Gasteiger partial charge in [0.2, 0.25) is 5.88 Å². The normalized spacial score (nSPS) is 15.9. The van der Waals surface area contributed by atoms with Crippen LogP contribution in [0.1, 0.15) is 70.4 Å². The number of rotatable bonds is 9. The predicted octanol–water partition coefficient (Wildman–Crippen LogP) is 7.57. The maximum absolute atomic E-state index is 15.3. The van der Waals surface area contributed by atoms with Crippen molar-refractivity contribution in [2.75, 3.05) is 24.6 Å². The third-order valence-corrected chi connectivity index (χ3v) is 7.70. The van der Waals surface area contributed by atoms with E-state index in [1.54, 1.807) is 40.0 Å². The number of halogens is 3. The van der Waals surface area contributed by atoms with Crippen molar-refractivity contribution in [1.82, 2.24) is 9.97 Å². The summed E-state index contributed by atoms with van der Waals surface area (Å²) in [5, 5.41) is 10.3. The van der Waals surface area contributed by atoms with Gasteiger partial charge in [-0.05, 0) is 69.7 Å². The fourth-order valence-electron chi connectivity index (χ4n) is 5.04. The highest BCUT2D eigenvalue weighted by atomic mass is 35.5. The summed E-state index contributed by atoms with van der Waals surface area (Å²) in [6.07, 6.45) is 4.06. The molecule has 0 saturated carbocycles. The van der Waals surface area contributed by atoms with Crippen molar-refractivity contribution < 1.29 is 28.2 Å². The van der Waals surface area contributed by atoms with Gasteiger partial charge in [0.25, 0.3) is 0 Å². The third kappa shape index (κ3) is 7.55. The van der Waals surface area contributed by atoms with E-state index >= 15 is 4.39 Å². The van der Waals surface area contributed by atoms with Crippen LogP contribution in [-0.2, 0) is 16.0 Å². The highest BCUT2D eigenvalue weighted by Gasteiger charge is 2.36. The Morgan fingerprint density at radius 3 is 2.40 bits per heavy atom. The topological polar surface area (TPSA) is 84.8 Å². The van der Waals surface area contributed by atoms with E-state index in [9.17, 15) is 14.3 Å². The summed E-state index contributed by atoms with van der Waals surface area (Å²) in [4.78, 5) is 23.5. The number of aliphatic carboxylic acids is 1. The minimum atomic E-state index is -1.28. The summed E-state index contributed by atoms with van der Waals surface area (Å²) in [5.74, 6) is -2.47. The van der Waals surface area contributed by atoms with Crippen molar-refractivity contribution in [3.05, 3.63) is 70.1 Å². The zero-order valence-electron chi connectivity index (χ0n) is 24.9. The van der Waals surface area contributed by atoms with Gasteiger partial charge in [0.15, 0.2) is 11.9 Å². The van der Waals surface area contributed by atoms with Crippen molar-refractivity contribution in [3.8, 4) is 17.0 Å². The Kier molecular flexibility index (Phi) is 9.42. The van der Waals surface area contributed by atoms with Gasteiger partial charge >= 0.3 is 5.97 Å². The highest BCUT2D eigenvalue weighted by Crippen LogP contribution is 2.43. The molecule has 1 aliphatic heterocycles. The van der Waals surface area contributed by atoms with E-state index in [4.69, 9.17) is 21.1 Å². The molecule has 4 rings (SSSR count). The quantitative estimate of drug-likeness (QED) is 0.271. The van der Waals surface area contributed by atoms with Gasteiger partial charge in [0.05, 0.1) is 22.9 Å². The van der Waals surface area contributed by atoms with Crippen LogP contribution < -0.4 is 9.64 Å². The second-order valence-corrected chi connectivity index (χ2v) is 12.9. The first-order chi connectivity index (χ1) is 19.6. The minimum Gasteiger partial charge on any atom is -0.479 e. The Balaban J connectivity index is 1.70. The molecule has 1 fully saturated rings. The van der Waals surface area contributed by atoms with Gasteiger partial charge < -0.3 is 19.5 Å². The Hall–Kier alpha value is -3.30. The van der Waals surface area contributed by atoms with Gasteiger partial charge in [-0.25, -0.2) is 18.6 Å². The van der Waals surface area contributed by atoms with Crippen molar-refractivity contribution in [3.63, 3.8) is 0 Å². The number of piperidine rings is 1. The molecule has 0 aliphatic carbocycles. The van der Waals surface area contributed by atoms with Crippen LogP contribution in [0.25, 0.3) is 11.1 Å². The lowest BCUT2D eigenvalue weighted by molar-refractivity contribution is -0.160. The first-order valence-electron chi connectivity index (χ1n) is 14.0. The van der Waals surface area contributed by atoms with Gasteiger partial charge in [0.1, 0.15) is 5.82 Å². The highest BCUT2D eigenvalue weighted by molar-refractivity contribution is 6.30. The number of anilines is 1. The average Bonchev–Trinajstić information content (AvgIpc) is 2.90. The summed E-state index contributed by atoms with van der Waals surface area (Å²) < 4.78 is 40.4. The van der Waals surface area contributed by atoms with Gasteiger partial charge in [-0.3, -0.25) is 4.98 Å². The van der Waals surface area contributed by atoms with Gasteiger partial charge in [-0.15, -0.1) is 0 Å². The number of benzene rings is 1. The second-order valence-electron chi connectivity index (χ2n) is 12.5. The number of carboxylic acid groups (broad SMARTS) is 1. The van der Waals surface area contributed by atoms with Gasteiger partial charge in [0, 0.05) is 54.3 Å². The van der Waals surface area contributed by atoms with Gasteiger partial charge in [-0.2, -0.15) is 0 Å². The number of aryl methyl sites for hydroxylation is 1. The molecule has 1 unspecified atom stereocenters. The smallest absolute Gasteiger partial charge is 0.337 e. The lowest BCUT2D eigenvalue weighted by Crippen LogP contribution is -2.39. The number of hydrogen-bond donors (Lipinski definition) is 1. The number of carboxylic acids is 1. The van der Waals surface area contributed by atoms with Crippen LogP contribution in [-0.4, -0.2) is 46.3 Å². The van der Waals surface area contributed by atoms with E-state index in [0.717, 1.165) is 18.4 Å². The SMILES string of the molecule is Cc1ncc(-c2cnc(OCCc3ccc(F)c(Cl)c3)c(F)c2)c(N2CCC(C)(C)CC2)c1C(OC(C)(C)C)C(=O)O. The van der Waals surface area contributed by atoms with E-state index < -0.39 is 29.3 Å². The van der Waals surface area contributed by atoms with Crippen LogP contribution in [0, 0.1) is 24.0 Å². The van der Waals surface area contributed by atoms with Crippen molar-refractivity contribution in [2.45, 2.75) is 72.5 Å². The molecule has 0 radical (unpaired) electrons. The molecule has 42 heavy (non-hydrogen) atoms. The molecule has 1 N–H and O–H groups in total. The van der Waals surface area contributed by atoms with Crippen molar-refractivity contribution >= 4 is 23.3 Å². The number of nitrogens with zero attached hydrogens (tertiary/aromatic N) is 3. The number of aromatic nitrogens is 2. The largest absolute Gasteiger partial charge is 0.479 e. The summed E-state index contributed by atoms with van der Waals surface area (Å²) in [6, 6.07) is 5.70. The van der Waals surface area contributed by atoms with Gasteiger partial charge in [-0.1, -0.05) is 31.5 Å². The molecule has 1 aromatic carbocycles.